The van der Waals surface area contributed by atoms with E-state index in [1.54, 1.807) is 0 Å². The molecule has 1 heteroatoms. The van der Waals surface area contributed by atoms with Gasteiger partial charge in [0.2, 0.25) is 0 Å². The van der Waals surface area contributed by atoms with Gasteiger partial charge in [-0.05, 0) is 63.6 Å². The number of benzene rings is 2. The minimum Gasteiger partial charge on any atom is -0.0645 e. The van der Waals surface area contributed by atoms with Crippen molar-refractivity contribution in [2.24, 2.45) is 5.41 Å². The highest BCUT2D eigenvalue weighted by molar-refractivity contribution is 9.10. The second kappa shape index (κ2) is 5.98. The van der Waals surface area contributed by atoms with Crippen LogP contribution in [0.5, 0.6) is 0 Å². The highest BCUT2D eigenvalue weighted by Gasteiger charge is 2.42. The van der Waals surface area contributed by atoms with Crippen LogP contribution >= 0.6 is 15.9 Å². The van der Waals surface area contributed by atoms with Gasteiger partial charge in [0.25, 0.3) is 0 Å². The Bertz CT molecular complexity index is 801. The second-order valence-electron chi connectivity index (χ2n) is 9.11. The lowest BCUT2D eigenvalue weighted by Gasteiger charge is -2.45. The Balaban J connectivity index is 2.23. The van der Waals surface area contributed by atoms with Crippen LogP contribution < -0.4 is 0 Å². The van der Waals surface area contributed by atoms with Crippen LogP contribution in [0.4, 0.5) is 0 Å². The third kappa shape index (κ3) is 2.62. The molecular formula is C24H31Br. The van der Waals surface area contributed by atoms with Gasteiger partial charge >= 0.3 is 0 Å². The molecule has 0 nitrogen and oxygen atoms in total. The van der Waals surface area contributed by atoms with Gasteiger partial charge in [-0.25, -0.2) is 0 Å². The van der Waals surface area contributed by atoms with Gasteiger partial charge in [0.15, 0.2) is 0 Å². The molecule has 3 rings (SSSR count). The molecule has 0 spiro atoms. The average Bonchev–Trinajstić information content (AvgIpc) is 2.76. The number of hydrogen-bond donors (Lipinski definition) is 0. The fraction of sp³-hybridized carbons (Fsp3) is 0.500. The summed E-state index contributed by atoms with van der Waals surface area (Å²) < 4.78 is 1.17. The first-order valence-corrected chi connectivity index (χ1v) is 10.3. The van der Waals surface area contributed by atoms with Gasteiger partial charge in [-0.2, -0.15) is 0 Å². The summed E-state index contributed by atoms with van der Waals surface area (Å²) >= 11 is 3.66. The lowest BCUT2D eigenvalue weighted by atomic mass is 9.59. The van der Waals surface area contributed by atoms with Gasteiger partial charge in [-0.3, -0.25) is 0 Å². The minimum absolute atomic E-state index is 0.0512. The second-order valence-corrected chi connectivity index (χ2v) is 10.0. The summed E-state index contributed by atoms with van der Waals surface area (Å²) in [7, 11) is 0. The summed E-state index contributed by atoms with van der Waals surface area (Å²) in [5, 5.41) is 0. The van der Waals surface area contributed by atoms with E-state index in [1.807, 2.05) is 0 Å². The number of halogens is 1. The highest BCUT2D eigenvalue weighted by Crippen LogP contribution is 2.53. The maximum atomic E-state index is 3.66. The van der Waals surface area contributed by atoms with E-state index in [-0.39, 0.29) is 16.2 Å². The van der Waals surface area contributed by atoms with E-state index in [4.69, 9.17) is 0 Å². The van der Waals surface area contributed by atoms with Gasteiger partial charge < -0.3 is 0 Å². The van der Waals surface area contributed by atoms with Crippen molar-refractivity contribution in [1.29, 1.82) is 0 Å². The van der Waals surface area contributed by atoms with E-state index >= 15 is 0 Å². The molecule has 0 fully saturated rings. The Morgan fingerprint density at radius 3 is 1.88 bits per heavy atom. The van der Waals surface area contributed by atoms with Crippen molar-refractivity contribution >= 4 is 15.9 Å². The quantitative estimate of drug-likeness (QED) is 0.493. The molecule has 0 saturated carbocycles. The Morgan fingerprint density at radius 1 is 0.840 bits per heavy atom. The molecule has 0 radical (unpaired) electrons. The van der Waals surface area contributed by atoms with Gasteiger partial charge in [-0.1, -0.05) is 88.7 Å². The zero-order valence-electron chi connectivity index (χ0n) is 16.8. The molecule has 1 aliphatic rings. The normalized spacial score (nSPS) is 15.8. The number of rotatable bonds is 3. The fourth-order valence-corrected chi connectivity index (χ4v) is 5.52. The molecule has 0 saturated heterocycles. The first kappa shape index (κ1) is 18.7. The van der Waals surface area contributed by atoms with Crippen LogP contribution in [0.15, 0.2) is 40.9 Å². The van der Waals surface area contributed by atoms with Gasteiger partial charge in [0, 0.05) is 9.89 Å². The van der Waals surface area contributed by atoms with Crippen LogP contribution in [0.3, 0.4) is 0 Å². The summed E-state index contributed by atoms with van der Waals surface area (Å²) in [6.45, 7) is 16.6. The summed E-state index contributed by atoms with van der Waals surface area (Å²) in [6.07, 6.45) is 2.34. The molecular weight excluding hydrogens is 368 g/mol. The van der Waals surface area contributed by atoms with Gasteiger partial charge in [-0.15, -0.1) is 0 Å². The van der Waals surface area contributed by atoms with Crippen LogP contribution in [0.25, 0.3) is 11.1 Å². The third-order valence-corrected chi connectivity index (χ3v) is 7.33. The maximum absolute atomic E-state index is 3.66. The zero-order valence-corrected chi connectivity index (χ0v) is 18.3. The predicted molar refractivity (Wildman–Crippen MR) is 113 cm³/mol. The van der Waals surface area contributed by atoms with Crippen molar-refractivity contribution < 1.29 is 0 Å². The molecule has 0 heterocycles. The first-order chi connectivity index (χ1) is 11.6. The molecule has 0 atom stereocenters. The third-order valence-electron chi connectivity index (χ3n) is 6.83. The Hall–Kier alpha value is -1.08. The Morgan fingerprint density at radius 2 is 1.36 bits per heavy atom. The van der Waals surface area contributed by atoms with Crippen LogP contribution in [0.2, 0.25) is 0 Å². The van der Waals surface area contributed by atoms with Gasteiger partial charge in [0.1, 0.15) is 0 Å². The number of fused-ring (bicyclic) bond motifs is 3. The molecule has 0 unspecified atom stereocenters. The molecule has 0 bridgehead atoms. The molecule has 2 aromatic rings. The standard InChI is InChI=1S/C24H31Br/c1-8-24(9-2,22(3,4)5)16-10-12-18-19-13-11-17(25)15-21(19)23(6,7)20(18)14-16/h10-15H,8-9H2,1-7H3. The molecule has 0 amide bonds. The summed E-state index contributed by atoms with van der Waals surface area (Å²) in [4.78, 5) is 0. The molecule has 0 aromatic heterocycles. The van der Waals surface area contributed by atoms with Gasteiger partial charge in [0.05, 0.1) is 0 Å². The largest absolute Gasteiger partial charge is 0.0645 e. The van der Waals surface area contributed by atoms with E-state index in [0.717, 1.165) is 0 Å². The van der Waals surface area contributed by atoms with Crippen molar-refractivity contribution in [1.82, 2.24) is 0 Å². The number of hydrogen-bond acceptors (Lipinski definition) is 0. The molecule has 0 N–H and O–H groups in total. The molecule has 2 aromatic carbocycles. The molecule has 25 heavy (non-hydrogen) atoms. The molecule has 1 aliphatic carbocycles. The van der Waals surface area contributed by atoms with E-state index in [9.17, 15) is 0 Å². The SMILES string of the molecule is CCC(CC)(c1ccc2c(c1)C(C)(C)c1cc(Br)ccc1-2)C(C)(C)C. The molecule has 134 valence electrons. The van der Waals surface area contributed by atoms with Crippen molar-refractivity contribution in [2.45, 2.75) is 72.1 Å². The smallest absolute Gasteiger partial charge is 0.0178 e. The Kier molecular flexibility index (Phi) is 4.47. The first-order valence-electron chi connectivity index (χ1n) is 9.54. The van der Waals surface area contributed by atoms with Crippen molar-refractivity contribution in [3.63, 3.8) is 0 Å². The van der Waals surface area contributed by atoms with Crippen LogP contribution in [-0.4, -0.2) is 0 Å². The van der Waals surface area contributed by atoms with E-state index in [1.165, 1.54) is 45.1 Å². The van der Waals surface area contributed by atoms with E-state index in [0.29, 0.717) is 0 Å². The van der Waals surface area contributed by atoms with Crippen LogP contribution in [0.1, 0.15) is 78.0 Å². The van der Waals surface area contributed by atoms with E-state index < -0.39 is 0 Å². The zero-order chi connectivity index (χ0) is 18.6. The maximum Gasteiger partial charge on any atom is 0.0178 e. The van der Waals surface area contributed by atoms with Crippen molar-refractivity contribution in [3.05, 3.63) is 57.6 Å². The predicted octanol–water partition coefficient (Wildman–Crippen LogP) is 7.86. The van der Waals surface area contributed by atoms with Crippen LogP contribution in [0, 0.1) is 5.41 Å². The summed E-state index contributed by atoms with van der Waals surface area (Å²) in [6, 6.07) is 14.0. The lowest BCUT2D eigenvalue weighted by molar-refractivity contribution is 0.167. The molecule has 0 aliphatic heterocycles. The highest BCUT2D eigenvalue weighted by atomic mass is 79.9. The Labute approximate surface area is 162 Å². The van der Waals surface area contributed by atoms with E-state index in [2.05, 4.69) is 101 Å². The van der Waals surface area contributed by atoms with Crippen molar-refractivity contribution in [2.75, 3.05) is 0 Å². The lowest BCUT2D eigenvalue weighted by Crippen LogP contribution is -2.39. The average molecular weight is 399 g/mol. The topological polar surface area (TPSA) is 0 Å². The van der Waals surface area contributed by atoms with Crippen LogP contribution in [-0.2, 0) is 10.8 Å². The monoisotopic (exact) mass is 398 g/mol. The van der Waals surface area contributed by atoms with Crippen molar-refractivity contribution in [3.8, 4) is 11.1 Å². The fourth-order valence-electron chi connectivity index (χ4n) is 5.16. The summed E-state index contributed by atoms with van der Waals surface area (Å²) in [5.74, 6) is 0. The summed E-state index contributed by atoms with van der Waals surface area (Å²) in [5.41, 5.74) is 7.72. The minimum atomic E-state index is 0.0512.